The van der Waals surface area contributed by atoms with Crippen LogP contribution in [0, 0.1) is 0 Å². The number of ether oxygens (including phenoxy) is 1. The largest absolute Gasteiger partial charge is 0.390 e. The molecule has 2 rings (SSSR count). The van der Waals surface area contributed by atoms with Crippen LogP contribution in [0.25, 0.3) is 11.0 Å². The van der Waals surface area contributed by atoms with Crippen LogP contribution >= 0.6 is 0 Å². The number of aryl methyl sites for hydroxylation is 1. The number of para-hydroxylation sites is 2. The molecule has 0 saturated carbocycles. The van der Waals surface area contributed by atoms with Gasteiger partial charge in [0.05, 0.1) is 23.7 Å². The van der Waals surface area contributed by atoms with Crippen molar-refractivity contribution < 1.29 is 9.84 Å². The molecule has 4 heteroatoms. The Hall–Kier alpha value is -1.39. The quantitative estimate of drug-likeness (QED) is 0.850. The monoisotopic (exact) mass is 248 g/mol. The molecule has 1 aromatic heterocycles. The first-order chi connectivity index (χ1) is 8.76. The second kappa shape index (κ2) is 5.98. The molecule has 0 aliphatic heterocycles. The van der Waals surface area contributed by atoms with Crippen molar-refractivity contribution >= 4 is 11.0 Å². The van der Waals surface area contributed by atoms with Gasteiger partial charge in [-0.05, 0) is 18.6 Å². The molecule has 0 aliphatic carbocycles. The Kier molecular flexibility index (Phi) is 4.33. The van der Waals surface area contributed by atoms with Gasteiger partial charge in [-0.2, -0.15) is 0 Å². The van der Waals surface area contributed by atoms with Crippen molar-refractivity contribution in [1.29, 1.82) is 0 Å². The summed E-state index contributed by atoms with van der Waals surface area (Å²) in [5.41, 5.74) is 2.13. The summed E-state index contributed by atoms with van der Waals surface area (Å²) in [6, 6.07) is 8.09. The van der Waals surface area contributed by atoms with E-state index in [0.717, 1.165) is 29.8 Å². The summed E-state index contributed by atoms with van der Waals surface area (Å²) in [5, 5.41) is 9.84. The van der Waals surface area contributed by atoms with Crippen molar-refractivity contribution in [2.45, 2.75) is 32.4 Å². The second-order valence-corrected chi connectivity index (χ2v) is 4.48. The molecule has 0 fully saturated rings. The minimum atomic E-state index is -0.498. The maximum Gasteiger partial charge on any atom is 0.112 e. The van der Waals surface area contributed by atoms with Crippen LogP contribution in [0.3, 0.4) is 0 Å². The van der Waals surface area contributed by atoms with Crippen molar-refractivity contribution in [1.82, 2.24) is 9.55 Å². The van der Waals surface area contributed by atoms with E-state index >= 15 is 0 Å². The average Bonchev–Trinajstić information content (AvgIpc) is 2.68. The SMILES string of the molecule is CCCn1c(CC(O)COC)nc2ccccc21. The van der Waals surface area contributed by atoms with E-state index in [1.165, 1.54) is 0 Å². The number of benzene rings is 1. The Morgan fingerprint density at radius 1 is 1.39 bits per heavy atom. The van der Waals surface area contributed by atoms with Gasteiger partial charge in [-0.25, -0.2) is 4.98 Å². The van der Waals surface area contributed by atoms with E-state index in [2.05, 4.69) is 22.5 Å². The van der Waals surface area contributed by atoms with Crippen molar-refractivity contribution in [3.63, 3.8) is 0 Å². The lowest BCUT2D eigenvalue weighted by atomic mass is 10.2. The van der Waals surface area contributed by atoms with Crippen LogP contribution in [0.5, 0.6) is 0 Å². The number of methoxy groups -OCH3 is 1. The molecule has 0 bridgehead atoms. The van der Waals surface area contributed by atoms with Gasteiger partial charge < -0.3 is 14.4 Å². The summed E-state index contributed by atoms with van der Waals surface area (Å²) in [6.07, 6.45) is 1.08. The van der Waals surface area contributed by atoms with Gasteiger partial charge >= 0.3 is 0 Å². The van der Waals surface area contributed by atoms with Gasteiger partial charge in [-0.1, -0.05) is 19.1 Å². The summed E-state index contributed by atoms with van der Waals surface area (Å²) in [6.45, 7) is 3.41. The standard InChI is InChI=1S/C14H20N2O2/c1-3-8-16-13-7-5-4-6-12(13)15-14(16)9-11(17)10-18-2/h4-7,11,17H,3,8-10H2,1-2H3. The highest BCUT2D eigenvalue weighted by Gasteiger charge is 2.13. The summed E-state index contributed by atoms with van der Waals surface area (Å²) < 4.78 is 7.15. The van der Waals surface area contributed by atoms with Crippen molar-refractivity contribution in [3.8, 4) is 0 Å². The molecule has 1 heterocycles. The zero-order chi connectivity index (χ0) is 13.0. The predicted octanol–water partition coefficient (Wildman–Crippen LogP) is 2.00. The number of hydrogen-bond acceptors (Lipinski definition) is 3. The van der Waals surface area contributed by atoms with Crippen molar-refractivity contribution in [2.75, 3.05) is 13.7 Å². The molecule has 2 aromatic rings. The van der Waals surface area contributed by atoms with E-state index in [1.54, 1.807) is 7.11 Å². The van der Waals surface area contributed by atoms with Crippen LogP contribution in [0.2, 0.25) is 0 Å². The third-order valence-electron chi connectivity index (χ3n) is 2.96. The molecule has 1 aromatic carbocycles. The zero-order valence-corrected chi connectivity index (χ0v) is 11.0. The Morgan fingerprint density at radius 2 is 2.17 bits per heavy atom. The van der Waals surface area contributed by atoms with Gasteiger partial charge in [0.25, 0.3) is 0 Å². The maximum absolute atomic E-state index is 9.84. The minimum absolute atomic E-state index is 0.343. The molecule has 18 heavy (non-hydrogen) atoms. The van der Waals surface area contributed by atoms with Gasteiger partial charge in [0.2, 0.25) is 0 Å². The molecule has 0 amide bonds. The van der Waals surface area contributed by atoms with E-state index in [4.69, 9.17) is 4.74 Å². The first-order valence-corrected chi connectivity index (χ1v) is 6.37. The zero-order valence-electron chi connectivity index (χ0n) is 11.0. The summed E-state index contributed by atoms with van der Waals surface area (Å²) in [5.74, 6) is 0.933. The van der Waals surface area contributed by atoms with Crippen LogP contribution in [0.4, 0.5) is 0 Å². The lowest BCUT2D eigenvalue weighted by molar-refractivity contribution is 0.0633. The molecule has 1 unspecified atom stereocenters. The molecule has 0 saturated heterocycles. The van der Waals surface area contributed by atoms with Gasteiger partial charge in [0.1, 0.15) is 5.82 Å². The third-order valence-corrected chi connectivity index (χ3v) is 2.96. The summed E-state index contributed by atoms with van der Waals surface area (Å²) in [7, 11) is 1.60. The molecule has 0 radical (unpaired) electrons. The Morgan fingerprint density at radius 3 is 2.89 bits per heavy atom. The fraction of sp³-hybridized carbons (Fsp3) is 0.500. The van der Waals surface area contributed by atoms with Gasteiger partial charge in [-0.3, -0.25) is 0 Å². The summed E-state index contributed by atoms with van der Waals surface area (Å²) in [4.78, 5) is 4.60. The van der Waals surface area contributed by atoms with E-state index in [-0.39, 0.29) is 0 Å². The number of nitrogens with zero attached hydrogens (tertiary/aromatic N) is 2. The first-order valence-electron chi connectivity index (χ1n) is 6.37. The van der Waals surface area contributed by atoms with E-state index in [9.17, 15) is 5.11 Å². The lowest BCUT2D eigenvalue weighted by Gasteiger charge is -2.11. The molecule has 98 valence electrons. The Bertz CT molecular complexity index is 507. The maximum atomic E-state index is 9.84. The molecular weight excluding hydrogens is 228 g/mol. The molecular formula is C14H20N2O2. The molecule has 1 N–H and O–H groups in total. The third kappa shape index (κ3) is 2.71. The number of aliphatic hydroxyl groups is 1. The number of imidazole rings is 1. The minimum Gasteiger partial charge on any atom is -0.390 e. The smallest absolute Gasteiger partial charge is 0.112 e. The fourth-order valence-electron chi connectivity index (χ4n) is 2.22. The fourth-order valence-corrected chi connectivity index (χ4v) is 2.22. The molecule has 4 nitrogen and oxygen atoms in total. The average molecular weight is 248 g/mol. The highest BCUT2D eigenvalue weighted by atomic mass is 16.5. The lowest BCUT2D eigenvalue weighted by Crippen LogP contribution is -2.19. The number of rotatable bonds is 6. The first kappa shape index (κ1) is 13.1. The highest BCUT2D eigenvalue weighted by molar-refractivity contribution is 5.75. The predicted molar refractivity (Wildman–Crippen MR) is 71.6 cm³/mol. The van der Waals surface area contributed by atoms with E-state index in [0.29, 0.717) is 13.0 Å². The Balaban J connectivity index is 2.33. The van der Waals surface area contributed by atoms with Crippen LogP contribution in [0.1, 0.15) is 19.2 Å². The molecule has 1 atom stereocenters. The molecule has 0 spiro atoms. The topological polar surface area (TPSA) is 47.3 Å². The van der Waals surface area contributed by atoms with Crippen molar-refractivity contribution in [2.24, 2.45) is 0 Å². The number of fused-ring (bicyclic) bond motifs is 1. The summed E-state index contributed by atoms with van der Waals surface area (Å²) >= 11 is 0. The van der Waals surface area contributed by atoms with E-state index in [1.807, 2.05) is 18.2 Å². The van der Waals surface area contributed by atoms with Crippen LogP contribution in [0.15, 0.2) is 24.3 Å². The number of aliphatic hydroxyl groups excluding tert-OH is 1. The van der Waals surface area contributed by atoms with Crippen LogP contribution < -0.4 is 0 Å². The highest BCUT2D eigenvalue weighted by Crippen LogP contribution is 2.17. The Labute approximate surface area is 107 Å². The van der Waals surface area contributed by atoms with Crippen LogP contribution in [-0.4, -0.2) is 34.5 Å². The molecule has 0 aliphatic rings. The number of aromatic nitrogens is 2. The van der Waals surface area contributed by atoms with Gasteiger partial charge in [0, 0.05) is 20.1 Å². The normalized spacial score (nSPS) is 13.1. The van der Waals surface area contributed by atoms with E-state index < -0.39 is 6.10 Å². The second-order valence-electron chi connectivity index (χ2n) is 4.48. The van der Waals surface area contributed by atoms with Gasteiger partial charge in [0.15, 0.2) is 0 Å². The van der Waals surface area contributed by atoms with Crippen molar-refractivity contribution in [3.05, 3.63) is 30.1 Å². The van der Waals surface area contributed by atoms with Crippen LogP contribution in [-0.2, 0) is 17.7 Å². The van der Waals surface area contributed by atoms with Gasteiger partial charge in [-0.15, -0.1) is 0 Å². The number of hydrogen-bond donors (Lipinski definition) is 1.